The molecule has 1 aromatic carbocycles. The van der Waals surface area contributed by atoms with Gasteiger partial charge in [-0.25, -0.2) is 4.79 Å². The molecule has 1 aromatic rings. The van der Waals surface area contributed by atoms with Crippen molar-refractivity contribution in [2.45, 2.75) is 26.7 Å². The van der Waals surface area contributed by atoms with Gasteiger partial charge in [-0.05, 0) is 31.5 Å². The Bertz CT molecular complexity index is 793. The monoisotopic (exact) mass is 358 g/mol. The Kier molecular flexibility index (Phi) is 5.92. The number of methoxy groups -OCH3 is 2. The van der Waals surface area contributed by atoms with E-state index in [1.165, 1.54) is 21.1 Å². The Hall–Kier alpha value is -2.96. The molecular formula is C19H22N2O5. The molecule has 0 aliphatic carbocycles. The summed E-state index contributed by atoms with van der Waals surface area (Å²) in [5.74, 6) is -2.51. The van der Waals surface area contributed by atoms with E-state index >= 15 is 0 Å². The van der Waals surface area contributed by atoms with Gasteiger partial charge in [0.1, 0.15) is 5.92 Å². The van der Waals surface area contributed by atoms with Gasteiger partial charge in [0.2, 0.25) is 5.91 Å². The van der Waals surface area contributed by atoms with Crippen LogP contribution in [0.5, 0.6) is 0 Å². The van der Waals surface area contributed by atoms with Crippen LogP contribution in [-0.2, 0) is 23.9 Å². The topological polar surface area (TPSA) is 94.1 Å². The maximum Gasteiger partial charge on any atom is 0.336 e. The summed E-state index contributed by atoms with van der Waals surface area (Å²) in [5.41, 5.74) is 2.74. The van der Waals surface area contributed by atoms with Crippen LogP contribution in [0.1, 0.15) is 32.3 Å². The van der Waals surface area contributed by atoms with Crippen LogP contribution in [-0.4, -0.2) is 37.8 Å². The Morgan fingerprint density at radius 3 is 2.15 bits per heavy atom. The van der Waals surface area contributed by atoms with E-state index in [4.69, 9.17) is 9.47 Å². The maximum atomic E-state index is 12.4. The number of ether oxygens (including phenoxy) is 2. The first-order valence-electron chi connectivity index (χ1n) is 8.09. The van der Waals surface area contributed by atoms with Crippen molar-refractivity contribution in [1.82, 2.24) is 0 Å². The van der Waals surface area contributed by atoms with Crippen molar-refractivity contribution in [3.05, 3.63) is 41.1 Å². The van der Waals surface area contributed by atoms with Crippen LogP contribution in [0.2, 0.25) is 0 Å². The van der Waals surface area contributed by atoms with Crippen molar-refractivity contribution in [2.75, 3.05) is 19.5 Å². The van der Waals surface area contributed by atoms with E-state index in [9.17, 15) is 14.4 Å². The zero-order chi connectivity index (χ0) is 19.4. The lowest BCUT2D eigenvalue weighted by Gasteiger charge is -2.31. The van der Waals surface area contributed by atoms with E-state index in [1.54, 1.807) is 38.1 Å². The van der Waals surface area contributed by atoms with Gasteiger partial charge in [-0.1, -0.05) is 12.1 Å². The van der Waals surface area contributed by atoms with Crippen LogP contribution < -0.4 is 5.32 Å². The lowest BCUT2D eigenvalue weighted by molar-refractivity contribution is -0.143. The van der Waals surface area contributed by atoms with Gasteiger partial charge in [0, 0.05) is 29.9 Å². The van der Waals surface area contributed by atoms with Crippen LogP contribution >= 0.6 is 0 Å². The molecule has 1 heterocycles. The zero-order valence-electron chi connectivity index (χ0n) is 15.5. The summed E-state index contributed by atoms with van der Waals surface area (Å²) in [7, 11) is 2.59. The molecule has 7 nitrogen and oxygen atoms in total. The molecule has 0 radical (unpaired) electrons. The highest BCUT2D eigenvalue weighted by Gasteiger charge is 2.41. The number of aliphatic imine (C=N–C) groups is 1. The lowest BCUT2D eigenvalue weighted by Crippen LogP contribution is -2.36. The van der Waals surface area contributed by atoms with Crippen LogP contribution in [0.25, 0.3) is 0 Å². The molecular weight excluding hydrogens is 336 g/mol. The summed E-state index contributed by atoms with van der Waals surface area (Å²) in [5, 5.41) is 2.68. The fourth-order valence-corrected chi connectivity index (χ4v) is 3.18. The summed E-state index contributed by atoms with van der Waals surface area (Å²) in [4.78, 5) is 40.3. The predicted octanol–water partition coefficient (Wildman–Crippen LogP) is 2.44. The van der Waals surface area contributed by atoms with Crippen molar-refractivity contribution in [1.29, 1.82) is 0 Å². The number of hydrogen-bond donors (Lipinski definition) is 1. The molecule has 1 N–H and O–H groups in total. The molecule has 2 atom stereocenters. The van der Waals surface area contributed by atoms with E-state index < -0.39 is 23.8 Å². The van der Waals surface area contributed by atoms with Gasteiger partial charge < -0.3 is 14.8 Å². The SMILES string of the molecule is COC(=O)C1=C(C)N=C(C)C(C(=O)OC)[C@@H]1c1ccc(NC(C)=O)cc1. The van der Waals surface area contributed by atoms with Gasteiger partial charge >= 0.3 is 11.9 Å². The largest absolute Gasteiger partial charge is 0.468 e. The second kappa shape index (κ2) is 7.95. The number of benzene rings is 1. The summed E-state index contributed by atoms with van der Waals surface area (Å²) in [6, 6.07) is 6.97. The highest BCUT2D eigenvalue weighted by atomic mass is 16.5. The average molecular weight is 358 g/mol. The number of anilines is 1. The molecule has 2 rings (SSSR count). The first-order chi connectivity index (χ1) is 12.3. The van der Waals surface area contributed by atoms with Crippen LogP contribution in [0.15, 0.2) is 40.5 Å². The van der Waals surface area contributed by atoms with E-state index in [2.05, 4.69) is 10.3 Å². The van der Waals surface area contributed by atoms with Crippen molar-refractivity contribution in [3.8, 4) is 0 Å². The van der Waals surface area contributed by atoms with E-state index in [0.717, 1.165) is 5.56 Å². The first kappa shape index (κ1) is 19.4. The molecule has 138 valence electrons. The third-order valence-electron chi connectivity index (χ3n) is 4.28. The van der Waals surface area contributed by atoms with Crippen molar-refractivity contribution < 1.29 is 23.9 Å². The number of hydrogen-bond acceptors (Lipinski definition) is 6. The molecule has 7 heteroatoms. The third-order valence-corrected chi connectivity index (χ3v) is 4.28. The molecule has 0 saturated carbocycles. The molecule has 0 bridgehead atoms. The number of allylic oxidation sites excluding steroid dienone is 1. The van der Waals surface area contributed by atoms with Gasteiger partial charge in [-0.2, -0.15) is 0 Å². The summed E-state index contributed by atoms with van der Waals surface area (Å²) in [6.07, 6.45) is 0. The highest BCUT2D eigenvalue weighted by molar-refractivity contribution is 6.07. The molecule has 1 unspecified atom stereocenters. The summed E-state index contributed by atoms with van der Waals surface area (Å²) in [6.45, 7) is 4.86. The fraction of sp³-hybridized carbons (Fsp3) is 0.368. The van der Waals surface area contributed by atoms with Crippen molar-refractivity contribution >= 4 is 29.2 Å². The van der Waals surface area contributed by atoms with Gasteiger partial charge in [0.25, 0.3) is 0 Å². The quantitative estimate of drug-likeness (QED) is 0.834. The smallest absolute Gasteiger partial charge is 0.336 e. The van der Waals surface area contributed by atoms with E-state index in [0.29, 0.717) is 22.7 Å². The molecule has 1 amide bonds. The van der Waals surface area contributed by atoms with Gasteiger partial charge in [0.05, 0.1) is 19.8 Å². The number of nitrogens with zero attached hydrogens (tertiary/aromatic N) is 1. The summed E-state index contributed by atoms with van der Waals surface area (Å²) < 4.78 is 9.84. The van der Waals surface area contributed by atoms with Gasteiger partial charge in [-0.3, -0.25) is 14.6 Å². The molecule has 0 spiro atoms. The second-order valence-electron chi connectivity index (χ2n) is 6.03. The minimum atomic E-state index is -0.732. The third kappa shape index (κ3) is 3.82. The van der Waals surface area contributed by atoms with Gasteiger partial charge in [0.15, 0.2) is 0 Å². The normalized spacial score (nSPS) is 19.5. The van der Waals surface area contributed by atoms with Crippen LogP contribution in [0, 0.1) is 5.92 Å². The number of amides is 1. The molecule has 1 aliphatic rings. The van der Waals surface area contributed by atoms with E-state index in [-0.39, 0.29) is 5.91 Å². The number of carbonyl (C=O) groups excluding carboxylic acids is 3. The summed E-state index contributed by atoms with van der Waals surface area (Å²) >= 11 is 0. The Balaban J connectivity index is 2.56. The minimum absolute atomic E-state index is 0.183. The number of rotatable bonds is 4. The van der Waals surface area contributed by atoms with Crippen LogP contribution in [0.4, 0.5) is 5.69 Å². The molecule has 1 aliphatic heterocycles. The zero-order valence-corrected chi connectivity index (χ0v) is 15.5. The van der Waals surface area contributed by atoms with Crippen molar-refractivity contribution in [2.24, 2.45) is 10.9 Å². The second-order valence-corrected chi connectivity index (χ2v) is 6.03. The Morgan fingerprint density at radius 1 is 1.04 bits per heavy atom. The number of nitrogens with one attached hydrogen (secondary N) is 1. The van der Waals surface area contributed by atoms with Gasteiger partial charge in [-0.15, -0.1) is 0 Å². The molecule has 0 aromatic heterocycles. The lowest BCUT2D eigenvalue weighted by atomic mass is 9.75. The van der Waals surface area contributed by atoms with E-state index in [1.807, 2.05) is 0 Å². The Labute approximate surface area is 152 Å². The Morgan fingerprint density at radius 2 is 1.65 bits per heavy atom. The maximum absolute atomic E-state index is 12.4. The molecule has 0 saturated heterocycles. The minimum Gasteiger partial charge on any atom is -0.468 e. The molecule has 26 heavy (non-hydrogen) atoms. The standard InChI is InChI=1S/C19H22N2O5/c1-10-15(18(23)25-4)17(16(11(2)20-10)19(24)26-5)13-6-8-14(9-7-13)21-12(3)22/h6-9,15,17H,1-5H3,(H,21,22)/t15?,17-/m0/s1. The van der Waals surface area contributed by atoms with Crippen LogP contribution in [0.3, 0.4) is 0 Å². The number of esters is 2. The number of carbonyl (C=O) groups is 3. The fourth-order valence-electron chi connectivity index (χ4n) is 3.18. The average Bonchev–Trinajstić information content (AvgIpc) is 2.60. The highest BCUT2D eigenvalue weighted by Crippen LogP contribution is 2.40. The molecule has 0 fully saturated rings. The first-order valence-corrected chi connectivity index (χ1v) is 8.09. The van der Waals surface area contributed by atoms with Crippen molar-refractivity contribution in [3.63, 3.8) is 0 Å². The predicted molar refractivity (Wildman–Crippen MR) is 96.8 cm³/mol.